The van der Waals surface area contributed by atoms with Crippen molar-refractivity contribution in [2.24, 2.45) is 17.8 Å². The molecule has 1 saturated carbocycles. The van der Waals surface area contributed by atoms with Crippen LogP contribution >= 0.6 is 0 Å². The molecule has 2 fully saturated rings. The fourth-order valence-electron chi connectivity index (χ4n) is 5.11. The molecule has 1 aliphatic heterocycles. The van der Waals surface area contributed by atoms with Crippen molar-refractivity contribution in [1.29, 1.82) is 0 Å². The summed E-state index contributed by atoms with van der Waals surface area (Å²) in [6, 6.07) is 15.7. The lowest BCUT2D eigenvalue weighted by Gasteiger charge is -2.23. The quantitative estimate of drug-likeness (QED) is 0.832. The molecule has 0 amide bonds. The van der Waals surface area contributed by atoms with Crippen LogP contribution in [0.2, 0.25) is 0 Å². The zero-order chi connectivity index (χ0) is 18.1. The third-order valence-electron chi connectivity index (χ3n) is 6.36. The van der Waals surface area contributed by atoms with Gasteiger partial charge in [-0.2, -0.15) is 0 Å². The monoisotopic (exact) mass is 353 g/mol. The largest absolute Gasteiger partial charge is 0.505 e. The van der Waals surface area contributed by atoms with Crippen LogP contribution in [0.25, 0.3) is 0 Å². The van der Waals surface area contributed by atoms with Gasteiger partial charge in [-0.1, -0.05) is 43.3 Å². The van der Waals surface area contributed by atoms with E-state index in [1.165, 1.54) is 50.0 Å². The van der Waals surface area contributed by atoms with Gasteiger partial charge in [-0.05, 0) is 66.2 Å². The predicted molar refractivity (Wildman–Crippen MR) is 103 cm³/mol. The molecule has 2 aromatic rings. The Kier molecular flexibility index (Phi) is 4.99. The maximum absolute atomic E-state index is 13.6. The summed E-state index contributed by atoms with van der Waals surface area (Å²) >= 11 is 0. The summed E-state index contributed by atoms with van der Waals surface area (Å²) in [4.78, 5) is 2.56. The molecule has 4 rings (SSSR count). The molecule has 0 spiro atoms. The predicted octanol–water partition coefficient (Wildman–Crippen LogP) is 4.84. The Morgan fingerprint density at radius 1 is 1.08 bits per heavy atom. The van der Waals surface area contributed by atoms with Gasteiger partial charge < -0.3 is 10.0 Å². The van der Waals surface area contributed by atoms with Crippen LogP contribution < -0.4 is 0 Å². The van der Waals surface area contributed by atoms with Crippen LogP contribution in [0.4, 0.5) is 4.39 Å². The summed E-state index contributed by atoms with van der Waals surface area (Å²) < 4.78 is 13.6. The van der Waals surface area contributed by atoms with E-state index in [-0.39, 0.29) is 11.7 Å². The van der Waals surface area contributed by atoms with Crippen molar-refractivity contribution >= 4 is 0 Å². The third kappa shape index (κ3) is 3.78. The van der Waals surface area contributed by atoms with Gasteiger partial charge in [-0.3, -0.25) is 0 Å². The highest BCUT2D eigenvalue weighted by atomic mass is 19.1. The number of halogens is 1. The molecule has 26 heavy (non-hydrogen) atoms. The highest BCUT2D eigenvalue weighted by molar-refractivity contribution is 5.30. The van der Waals surface area contributed by atoms with E-state index in [0.29, 0.717) is 0 Å². The van der Waals surface area contributed by atoms with E-state index >= 15 is 0 Å². The van der Waals surface area contributed by atoms with E-state index in [1.54, 1.807) is 0 Å². The molecule has 1 heterocycles. The minimum Gasteiger partial charge on any atom is -0.505 e. The van der Waals surface area contributed by atoms with E-state index in [1.807, 2.05) is 6.07 Å². The zero-order valence-corrected chi connectivity index (χ0v) is 15.4. The zero-order valence-electron chi connectivity index (χ0n) is 15.4. The fourth-order valence-corrected chi connectivity index (χ4v) is 5.11. The first-order valence-corrected chi connectivity index (χ1v) is 9.83. The second-order valence-electron chi connectivity index (χ2n) is 8.38. The molecule has 1 N–H and O–H groups in total. The summed E-state index contributed by atoms with van der Waals surface area (Å²) in [7, 11) is 0. The Morgan fingerprint density at radius 3 is 2.42 bits per heavy atom. The molecule has 0 radical (unpaired) electrons. The van der Waals surface area contributed by atoms with Crippen LogP contribution in [-0.2, 0) is 6.42 Å². The number of benzene rings is 2. The van der Waals surface area contributed by atoms with Gasteiger partial charge >= 0.3 is 0 Å². The maximum Gasteiger partial charge on any atom is 0.165 e. The summed E-state index contributed by atoms with van der Waals surface area (Å²) in [5.74, 6) is 1.99. The molecule has 138 valence electrons. The number of nitrogens with zero attached hydrogens (tertiary/aromatic N) is 1. The summed E-state index contributed by atoms with van der Waals surface area (Å²) in [5, 5.41) is 9.36. The number of rotatable bonds is 5. The van der Waals surface area contributed by atoms with Crippen LogP contribution in [0.3, 0.4) is 0 Å². The average Bonchev–Trinajstić information content (AvgIpc) is 3.16. The van der Waals surface area contributed by atoms with Crippen molar-refractivity contribution in [2.75, 3.05) is 19.6 Å². The summed E-state index contributed by atoms with van der Waals surface area (Å²) in [6.45, 7) is 5.49. The van der Waals surface area contributed by atoms with Crippen molar-refractivity contribution in [3.8, 4) is 5.75 Å². The fraction of sp³-hybridized carbons (Fsp3) is 0.478. The highest BCUT2D eigenvalue weighted by Crippen LogP contribution is 2.43. The van der Waals surface area contributed by atoms with Crippen LogP contribution in [0.1, 0.15) is 36.8 Å². The van der Waals surface area contributed by atoms with Gasteiger partial charge in [-0.15, -0.1) is 0 Å². The number of fused-ring (bicyclic) bond motifs is 1. The number of phenols is 1. The number of phenolic OH excluding ortho intramolecular Hbond substituents is 1. The molecule has 2 aromatic carbocycles. The minimum absolute atomic E-state index is 0.263. The SMILES string of the molecule is CC(CN1C[C@H]2C[C@H](Cc3ccccc3)C[C@H]2C1)c1ccc(O)c(F)c1. The molecule has 1 unspecified atom stereocenters. The molecule has 4 atom stereocenters. The average molecular weight is 353 g/mol. The van der Waals surface area contributed by atoms with Gasteiger partial charge in [0.15, 0.2) is 11.6 Å². The van der Waals surface area contributed by atoms with Crippen molar-refractivity contribution in [3.05, 3.63) is 65.5 Å². The Hall–Kier alpha value is -1.87. The molecular weight excluding hydrogens is 325 g/mol. The topological polar surface area (TPSA) is 23.5 Å². The van der Waals surface area contributed by atoms with Crippen molar-refractivity contribution in [2.45, 2.75) is 32.1 Å². The number of hydrogen-bond donors (Lipinski definition) is 1. The first kappa shape index (κ1) is 17.5. The highest BCUT2D eigenvalue weighted by Gasteiger charge is 2.40. The molecule has 0 aromatic heterocycles. The lowest BCUT2D eigenvalue weighted by molar-refractivity contribution is 0.283. The van der Waals surface area contributed by atoms with Crippen LogP contribution in [0, 0.1) is 23.6 Å². The molecule has 1 saturated heterocycles. The standard InChI is InChI=1S/C23H28FNO/c1-16(19-7-8-23(26)22(24)12-19)13-25-14-20-10-18(11-21(20)15-25)9-17-5-3-2-4-6-17/h2-8,12,16,18,20-21,26H,9-11,13-15H2,1H3/t16?,18-,20+,21-. The number of aromatic hydroxyl groups is 1. The second-order valence-corrected chi connectivity index (χ2v) is 8.38. The van der Waals surface area contributed by atoms with Gasteiger partial charge in [0.2, 0.25) is 0 Å². The van der Waals surface area contributed by atoms with Crippen LogP contribution in [-0.4, -0.2) is 29.6 Å². The van der Waals surface area contributed by atoms with Gasteiger partial charge in [-0.25, -0.2) is 4.39 Å². The van der Waals surface area contributed by atoms with Gasteiger partial charge in [0, 0.05) is 19.6 Å². The van der Waals surface area contributed by atoms with E-state index < -0.39 is 5.82 Å². The lowest BCUT2D eigenvalue weighted by Crippen LogP contribution is -2.27. The van der Waals surface area contributed by atoms with Crippen molar-refractivity contribution in [1.82, 2.24) is 4.90 Å². The van der Waals surface area contributed by atoms with Crippen LogP contribution in [0.15, 0.2) is 48.5 Å². The minimum atomic E-state index is -0.517. The lowest BCUT2D eigenvalue weighted by atomic mass is 9.96. The third-order valence-corrected chi connectivity index (χ3v) is 6.36. The first-order chi connectivity index (χ1) is 12.6. The Labute approximate surface area is 155 Å². The Morgan fingerprint density at radius 2 is 1.77 bits per heavy atom. The molecule has 2 aliphatic rings. The number of likely N-dealkylation sites (tertiary alicyclic amines) is 1. The van der Waals surface area contributed by atoms with E-state index in [4.69, 9.17) is 0 Å². The van der Waals surface area contributed by atoms with E-state index in [2.05, 4.69) is 42.2 Å². The van der Waals surface area contributed by atoms with Crippen LogP contribution in [0.5, 0.6) is 5.75 Å². The summed E-state index contributed by atoms with van der Waals surface area (Å²) in [6.07, 6.45) is 3.91. The van der Waals surface area contributed by atoms with Crippen molar-refractivity contribution in [3.63, 3.8) is 0 Å². The molecule has 0 bridgehead atoms. The van der Waals surface area contributed by atoms with E-state index in [9.17, 15) is 9.50 Å². The smallest absolute Gasteiger partial charge is 0.165 e. The molecular formula is C23H28FNO. The Bertz CT molecular complexity index is 733. The van der Waals surface area contributed by atoms with Gasteiger partial charge in [0.25, 0.3) is 0 Å². The van der Waals surface area contributed by atoms with E-state index in [0.717, 1.165) is 29.9 Å². The molecule has 3 heteroatoms. The molecule has 1 aliphatic carbocycles. The second kappa shape index (κ2) is 7.40. The van der Waals surface area contributed by atoms with Gasteiger partial charge in [0.1, 0.15) is 0 Å². The normalized spacial score (nSPS) is 26.8. The van der Waals surface area contributed by atoms with Crippen molar-refractivity contribution < 1.29 is 9.50 Å². The maximum atomic E-state index is 13.6. The summed E-state index contributed by atoms with van der Waals surface area (Å²) in [5.41, 5.74) is 2.44. The van der Waals surface area contributed by atoms with Gasteiger partial charge in [0.05, 0.1) is 0 Å². The molecule has 2 nitrogen and oxygen atoms in total. The number of hydrogen-bond acceptors (Lipinski definition) is 2. The first-order valence-electron chi connectivity index (χ1n) is 9.83. The Balaban J connectivity index is 1.29.